The Morgan fingerprint density at radius 2 is 0.795 bits per heavy atom. The van der Waals surface area contributed by atoms with Gasteiger partial charge >= 0.3 is 0 Å². The molecule has 0 radical (unpaired) electrons. The number of rotatable bonds is 31. The molecule has 1 atom stereocenters. The molecule has 0 aliphatic carbocycles. The Bertz CT molecular complexity index is 592. The third kappa shape index (κ3) is 23.6. The molecule has 1 rings (SSSR count). The van der Waals surface area contributed by atoms with E-state index < -0.39 is 0 Å². The zero-order valence-corrected chi connectivity index (χ0v) is 27.4. The molecule has 1 aromatic heterocycles. The quantitative estimate of drug-likeness (QED) is 0.0648. The summed E-state index contributed by atoms with van der Waals surface area (Å²) in [5.74, 6) is 0. The van der Waals surface area contributed by atoms with E-state index in [0.29, 0.717) is 6.04 Å². The van der Waals surface area contributed by atoms with Crippen molar-refractivity contribution in [2.45, 2.75) is 220 Å². The Hall–Kier alpha value is -0.790. The van der Waals surface area contributed by atoms with Gasteiger partial charge in [-0.05, 0) is 32.6 Å². The summed E-state index contributed by atoms with van der Waals surface area (Å²) in [6.45, 7) is 8.20. The molecule has 0 amide bonds. The molecular formula is C37H73N2+. The number of imidazole rings is 1. The van der Waals surface area contributed by atoms with Crippen LogP contribution in [0, 0.1) is 0 Å². The first-order valence-electron chi connectivity index (χ1n) is 18.3. The van der Waals surface area contributed by atoms with Crippen LogP contribution in [0.2, 0.25) is 0 Å². The van der Waals surface area contributed by atoms with Crippen molar-refractivity contribution >= 4 is 0 Å². The fourth-order valence-electron chi connectivity index (χ4n) is 6.08. The van der Waals surface area contributed by atoms with E-state index in [1.54, 1.807) is 0 Å². The second kappa shape index (κ2) is 28.7. The molecule has 0 aliphatic heterocycles. The molecular weight excluding hydrogens is 472 g/mol. The molecule has 0 aliphatic rings. The fraction of sp³-hybridized carbons (Fsp3) is 0.919. The Balaban J connectivity index is 1.87. The smallest absolute Gasteiger partial charge is 0.237 e. The van der Waals surface area contributed by atoms with E-state index in [0.717, 1.165) is 0 Å². The molecule has 2 nitrogen and oxygen atoms in total. The van der Waals surface area contributed by atoms with Crippen LogP contribution in [0.5, 0.6) is 0 Å². The molecule has 1 heterocycles. The number of aromatic nitrogens is 2. The molecule has 0 saturated heterocycles. The number of aryl methyl sites for hydroxylation is 1. The first-order chi connectivity index (χ1) is 19.3. The number of nitrogens with zero attached hydrogens (tertiary/aromatic N) is 2. The van der Waals surface area contributed by atoms with Crippen LogP contribution >= 0.6 is 0 Å². The molecule has 1 aromatic rings. The maximum atomic E-state index is 2.45. The van der Waals surface area contributed by atoms with Crippen LogP contribution in [0.1, 0.15) is 213 Å². The van der Waals surface area contributed by atoms with Gasteiger partial charge in [0, 0.05) is 0 Å². The number of hydrogen-bond donors (Lipinski definition) is 0. The fourth-order valence-corrected chi connectivity index (χ4v) is 6.08. The SMILES string of the molecule is CCCCCCCCCCCCCCCCCC(C)n1cc[n+](CCCCCCCCCCCCCCC)c1. The average Bonchev–Trinajstić information content (AvgIpc) is 3.42. The van der Waals surface area contributed by atoms with Crippen molar-refractivity contribution in [3.8, 4) is 0 Å². The zero-order chi connectivity index (χ0) is 28.1. The zero-order valence-electron chi connectivity index (χ0n) is 27.4. The van der Waals surface area contributed by atoms with Gasteiger partial charge in [0.15, 0.2) is 0 Å². The van der Waals surface area contributed by atoms with Crippen LogP contribution in [0.25, 0.3) is 0 Å². The monoisotopic (exact) mass is 546 g/mol. The van der Waals surface area contributed by atoms with E-state index in [1.165, 1.54) is 193 Å². The predicted octanol–water partition coefficient (Wildman–Crippen LogP) is 12.7. The largest absolute Gasteiger partial charge is 0.243 e. The highest BCUT2D eigenvalue weighted by Crippen LogP contribution is 2.17. The summed E-state index contributed by atoms with van der Waals surface area (Å²) in [6, 6.07) is 0.639. The molecule has 0 aromatic carbocycles. The van der Waals surface area contributed by atoms with Crippen LogP contribution < -0.4 is 4.57 Å². The third-order valence-electron chi connectivity index (χ3n) is 8.97. The number of hydrogen-bond acceptors (Lipinski definition) is 0. The summed E-state index contributed by atoms with van der Waals surface area (Å²) >= 11 is 0. The van der Waals surface area contributed by atoms with Gasteiger partial charge in [-0.25, -0.2) is 9.13 Å². The minimum absolute atomic E-state index is 0.639. The van der Waals surface area contributed by atoms with Crippen molar-refractivity contribution in [2.75, 3.05) is 0 Å². The molecule has 39 heavy (non-hydrogen) atoms. The lowest BCUT2D eigenvalue weighted by Crippen LogP contribution is -2.31. The minimum atomic E-state index is 0.639. The van der Waals surface area contributed by atoms with Gasteiger partial charge in [0.05, 0.1) is 12.6 Å². The maximum Gasteiger partial charge on any atom is 0.243 e. The van der Waals surface area contributed by atoms with Crippen LogP contribution in [-0.4, -0.2) is 4.57 Å². The van der Waals surface area contributed by atoms with Crippen LogP contribution in [-0.2, 0) is 6.54 Å². The Morgan fingerprint density at radius 3 is 1.18 bits per heavy atom. The molecule has 0 N–H and O–H groups in total. The van der Waals surface area contributed by atoms with Gasteiger partial charge in [-0.2, -0.15) is 0 Å². The van der Waals surface area contributed by atoms with E-state index >= 15 is 0 Å². The van der Waals surface area contributed by atoms with E-state index in [1.807, 2.05) is 0 Å². The van der Waals surface area contributed by atoms with E-state index in [-0.39, 0.29) is 0 Å². The standard InChI is InChI=1S/C37H73N2/c1-4-6-8-10-12-14-16-18-19-20-22-24-26-28-30-32-37(3)39-35-34-38(36-39)33-31-29-27-25-23-21-17-15-13-11-9-7-5-2/h34-37H,4-33H2,1-3H3/q+1. The summed E-state index contributed by atoms with van der Waals surface area (Å²) in [5, 5.41) is 0. The highest BCUT2D eigenvalue weighted by atomic mass is 15.1. The van der Waals surface area contributed by atoms with E-state index in [2.05, 4.69) is 48.6 Å². The minimum Gasteiger partial charge on any atom is -0.237 e. The molecule has 0 bridgehead atoms. The lowest BCUT2D eigenvalue weighted by Gasteiger charge is -2.08. The summed E-state index contributed by atoms with van der Waals surface area (Å²) in [6.07, 6.45) is 48.6. The normalized spacial score (nSPS) is 12.4. The van der Waals surface area contributed by atoms with Gasteiger partial charge in [0.2, 0.25) is 6.33 Å². The van der Waals surface area contributed by atoms with Gasteiger partial charge in [0.25, 0.3) is 0 Å². The highest BCUT2D eigenvalue weighted by molar-refractivity contribution is 4.72. The summed E-state index contributed by atoms with van der Waals surface area (Å²) in [7, 11) is 0. The Labute approximate surface area is 247 Å². The lowest BCUT2D eigenvalue weighted by molar-refractivity contribution is -0.697. The van der Waals surface area contributed by atoms with Gasteiger partial charge in [-0.15, -0.1) is 0 Å². The number of unbranched alkanes of at least 4 members (excludes halogenated alkanes) is 26. The first-order valence-corrected chi connectivity index (χ1v) is 18.3. The van der Waals surface area contributed by atoms with Crippen molar-refractivity contribution in [1.82, 2.24) is 4.57 Å². The molecule has 0 fully saturated rings. The summed E-state index contributed by atoms with van der Waals surface area (Å²) in [5.41, 5.74) is 0. The molecule has 230 valence electrons. The van der Waals surface area contributed by atoms with Crippen LogP contribution in [0.3, 0.4) is 0 Å². The van der Waals surface area contributed by atoms with Crippen molar-refractivity contribution < 1.29 is 4.57 Å². The second-order valence-corrected chi connectivity index (χ2v) is 12.9. The van der Waals surface area contributed by atoms with Crippen LogP contribution in [0.4, 0.5) is 0 Å². The molecule has 0 saturated carbocycles. The van der Waals surface area contributed by atoms with Gasteiger partial charge in [0.1, 0.15) is 12.4 Å². The van der Waals surface area contributed by atoms with E-state index in [9.17, 15) is 0 Å². The summed E-state index contributed by atoms with van der Waals surface area (Å²) < 4.78 is 4.87. The van der Waals surface area contributed by atoms with Gasteiger partial charge < -0.3 is 0 Å². The molecule has 1 unspecified atom stereocenters. The summed E-state index contributed by atoms with van der Waals surface area (Å²) in [4.78, 5) is 0. The predicted molar refractivity (Wildman–Crippen MR) is 175 cm³/mol. The van der Waals surface area contributed by atoms with Crippen LogP contribution in [0.15, 0.2) is 18.7 Å². The van der Waals surface area contributed by atoms with Crippen molar-refractivity contribution in [3.63, 3.8) is 0 Å². The molecule has 2 heteroatoms. The van der Waals surface area contributed by atoms with Crippen molar-refractivity contribution in [1.29, 1.82) is 0 Å². The maximum absolute atomic E-state index is 2.45. The Kier molecular flexibility index (Phi) is 26.7. The Morgan fingerprint density at radius 1 is 0.462 bits per heavy atom. The van der Waals surface area contributed by atoms with Gasteiger partial charge in [-0.3, -0.25) is 0 Å². The molecule has 0 spiro atoms. The van der Waals surface area contributed by atoms with Gasteiger partial charge in [-0.1, -0.05) is 174 Å². The highest BCUT2D eigenvalue weighted by Gasteiger charge is 2.11. The lowest BCUT2D eigenvalue weighted by atomic mass is 10.0. The van der Waals surface area contributed by atoms with Crippen molar-refractivity contribution in [3.05, 3.63) is 18.7 Å². The second-order valence-electron chi connectivity index (χ2n) is 12.9. The first kappa shape index (κ1) is 36.2. The van der Waals surface area contributed by atoms with Crippen molar-refractivity contribution in [2.24, 2.45) is 0 Å². The topological polar surface area (TPSA) is 8.81 Å². The third-order valence-corrected chi connectivity index (χ3v) is 8.97. The van der Waals surface area contributed by atoms with E-state index in [4.69, 9.17) is 0 Å². The average molecular weight is 546 g/mol.